The molecule has 0 radical (unpaired) electrons. The maximum absolute atomic E-state index is 6.07. The molecule has 0 fully saturated rings. The molecule has 0 amide bonds. The minimum Gasteiger partial charge on any atom is -0.464 e. The summed E-state index contributed by atoms with van der Waals surface area (Å²) in [5.74, 6) is 1.77. The molecule has 0 N–H and O–H groups in total. The lowest BCUT2D eigenvalue weighted by molar-refractivity contribution is 0.455. The second-order valence-corrected chi connectivity index (χ2v) is 4.26. The smallest absolute Gasteiger partial charge is 0.125 e. The summed E-state index contributed by atoms with van der Waals surface area (Å²) in [7, 11) is 0. The number of halogens is 1. The highest BCUT2D eigenvalue weighted by molar-refractivity contribution is 6.20. The molecular formula is C11H14ClN3O. The monoisotopic (exact) mass is 239 g/mol. The van der Waals surface area contributed by atoms with Gasteiger partial charge in [0, 0.05) is 0 Å². The molecule has 16 heavy (non-hydrogen) atoms. The average Bonchev–Trinajstić information content (AvgIpc) is 2.87. The van der Waals surface area contributed by atoms with Crippen molar-refractivity contribution in [2.24, 2.45) is 0 Å². The zero-order chi connectivity index (χ0) is 11.5. The molecular weight excluding hydrogens is 226 g/mol. The van der Waals surface area contributed by atoms with E-state index in [2.05, 4.69) is 10.3 Å². The van der Waals surface area contributed by atoms with Crippen LogP contribution in [0, 0.1) is 6.92 Å². The Bertz CT molecular complexity index is 463. The fraction of sp³-hybridized carbons (Fsp3) is 0.455. The van der Waals surface area contributed by atoms with Gasteiger partial charge in [-0.25, -0.2) is 4.68 Å². The van der Waals surface area contributed by atoms with Gasteiger partial charge < -0.3 is 4.42 Å². The molecule has 0 spiro atoms. The van der Waals surface area contributed by atoms with Crippen molar-refractivity contribution < 1.29 is 4.42 Å². The van der Waals surface area contributed by atoms with Crippen LogP contribution >= 0.6 is 11.6 Å². The van der Waals surface area contributed by atoms with Crippen LogP contribution in [0.1, 0.15) is 35.9 Å². The number of alkyl halides is 1. The molecule has 2 aromatic rings. The highest BCUT2D eigenvalue weighted by Gasteiger charge is 2.10. The largest absolute Gasteiger partial charge is 0.464 e. The Hall–Kier alpha value is -1.29. The molecule has 4 nitrogen and oxygen atoms in total. The summed E-state index contributed by atoms with van der Waals surface area (Å²) >= 11 is 6.07. The van der Waals surface area contributed by atoms with Crippen LogP contribution in [0.2, 0.25) is 0 Å². The van der Waals surface area contributed by atoms with E-state index in [0.717, 1.165) is 23.6 Å². The van der Waals surface area contributed by atoms with E-state index >= 15 is 0 Å². The normalized spacial score (nSPS) is 12.9. The number of furan rings is 1. The molecule has 0 aliphatic carbocycles. The summed E-state index contributed by atoms with van der Waals surface area (Å²) in [6.07, 6.45) is 2.71. The van der Waals surface area contributed by atoms with Crippen molar-refractivity contribution in [1.29, 1.82) is 0 Å². The Morgan fingerprint density at radius 3 is 2.94 bits per heavy atom. The molecule has 86 valence electrons. The first-order valence-electron chi connectivity index (χ1n) is 5.28. The van der Waals surface area contributed by atoms with Crippen molar-refractivity contribution in [3.63, 3.8) is 0 Å². The van der Waals surface area contributed by atoms with Crippen LogP contribution in [-0.4, -0.2) is 15.0 Å². The van der Waals surface area contributed by atoms with Gasteiger partial charge in [0.2, 0.25) is 0 Å². The molecule has 0 bridgehead atoms. The maximum atomic E-state index is 6.07. The fourth-order valence-electron chi connectivity index (χ4n) is 1.47. The topological polar surface area (TPSA) is 43.9 Å². The zero-order valence-electron chi connectivity index (χ0n) is 9.35. The van der Waals surface area contributed by atoms with Crippen molar-refractivity contribution in [2.75, 3.05) is 0 Å². The van der Waals surface area contributed by atoms with Gasteiger partial charge in [-0.1, -0.05) is 12.1 Å². The summed E-state index contributed by atoms with van der Waals surface area (Å²) in [6.45, 7) is 4.53. The maximum Gasteiger partial charge on any atom is 0.125 e. The average molecular weight is 240 g/mol. The summed E-state index contributed by atoms with van der Waals surface area (Å²) in [5, 5.41) is 7.98. The lowest BCUT2D eigenvalue weighted by atomic mass is 10.3. The van der Waals surface area contributed by atoms with Crippen molar-refractivity contribution in [1.82, 2.24) is 15.0 Å². The second kappa shape index (κ2) is 4.70. The van der Waals surface area contributed by atoms with Gasteiger partial charge in [0.05, 0.1) is 11.6 Å². The molecule has 1 atom stereocenters. The lowest BCUT2D eigenvalue weighted by Gasteiger charge is -1.98. The minimum absolute atomic E-state index is 0.0629. The Balaban J connectivity index is 2.08. The Labute approximate surface area is 99.2 Å². The minimum atomic E-state index is -0.0629. The van der Waals surface area contributed by atoms with Crippen LogP contribution in [0.15, 0.2) is 22.7 Å². The van der Waals surface area contributed by atoms with Gasteiger partial charge in [-0.15, -0.1) is 16.7 Å². The third kappa shape index (κ3) is 2.44. The molecule has 1 unspecified atom stereocenters. The van der Waals surface area contributed by atoms with Gasteiger partial charge in [0.1, 0.15) is 23.8 Å². The third-order valence-electron chi connectivity index (χ3n) is 2.35. The number of hydrogen-bond donors (Lipinski definition) is 0. The van der Waals surface area contributed by atoms with E-state index in [1.165, 1.54) is 0 Å². The van der Waals surface area contributed by atoms with E-state index in [9.17, 15) is 0 Å². The molecule has 2 heterocycles. The van der Waals surface area contributed by atoms with Crippen LogP contribution in [-0.2, 0) is 6.54 Å². The molecule has 0 aliphatic rings. The van der Waals surface area contributed by atoms with Gasteiger partial charge in [-0.05, 0) is 25.5 Å². The van der Waals surface area contributed by atoms with Crippen LogP contribution in [0.4, 0.5) is 0 Å². The predicted molar refractivity (Wildman–Crippen MR) is 61.5 cm³/mol. The van der Waals surface area contributed by atoms with Gasteiger partial charge in [-0.2, -0.15) is 0 Å². The first-order chi connectivity index (χ1) is 7.69. The molecule has 0 saturated carbocycles. The van der Waals surface area contributed by atoms with E-state index in [1.54, 1.807) is 4.68 Å². The van der Waals surface area contributed by atoms with Gasteiger partial charge in [0.15, 0.2) is 0 Å². The van der Waals surface area contributed by atoms with E-state index in [4.69, 9.17) is 16.0 Å². The van der Waals surface area contributed by atoms with Crippen LogP contribution in [0.5, 0.6) is 0 Å². The van der Waals surface area contributed by atoms with Gasteiger partial charge in [0.25, 0.3) is 0 Å². The van der Waals surface area contributed by atoms with Crippen molar-refractivity contribution in [3.8, 4) is 0 Å². The fourth-order valence-corrected chi connectivity index (χ4v) is 1.57. The molecule has 2 aromatic heterocycles. The van der Waals surface area contributed by atoms with Crippen molar-refractivity contribution in [2.45, 2.75) is 32.2 Å². The number of nitrogens with zero attached hydrogens (tertiary/aromatic N) is 3. The quantitative estimate of drug-likeness (QED) is 0.771. The molecule has 0 aromatic carbocycles. The number of aromatic nitrogens is 3. The molecule has 5 heteroatoms. The van der Waals surface area contributed by atoms with Crippen LogP contribution in [0.25, 0.3) is 0 Å². The first kappa shape index (κ1) is 11.2. The number of aryl methyl sites for hydroxylation is 1. The number of rotatable bonds is 4. The van der Waals surface area contributed by atoms with E-state index in [-0.39, 0.29) is 5.38 Å². The lowest BCUT2D eigenvalue weighted by Crippen LogP contribution is -1.98. The van der Waals surface area contributed by atoms with E-state index in [0.29, 0.717) is 6.54 Å². The Kier molecular flexibility index (Phi) is 3.29. The number of hydrogen-bond acceptors (Lipinski definition) is 3. The molecule has 0 aliphatic heterocycles. The summed E-state index contributed by atoms with van der Waals surface area (Å²) in [6, 6.07) is 3.87. The highest BCUT2D eigenvalue weighted by Crippen LogP contribution is 2.21. The van der Waals surface area contributed by atoms with Gasteiger partial charge >= 0.3 is 0 Å². The Morgan fingerprint density at radius 1 is 1.50 bits per heavy atom. The van der Waals surface area contributed by atoms with Crippen LogP contribution < -0.4 is 0 Å². The van der Waals surface area contributed by atoms with Crippen LogP contribution in [0.3, 0.4) is 0 Å². The van der Waals surface area contributed by atoms with E-state index in [1.807, 2.05) is 32.2 Å². The zero-order valence-corrected chi connectivity index (χ0v) is 10.1. The summed E-state index contributed by atoms with van der Waals surface area (Å²) in [5.41, 5.74) is 0.812. The van der Waals surface area contributed by atoms with Crippen molar-refractivity contribution in [3.05, 3.63) is 35.5 Å². The summed E-state index contributed by atoms with van der Waals surface area (Å²) < 4.78 is 7.20. The van der Waals surface area contributed by atoms with Gasteiger partial charge in [-0.3, -0.25) is 0 Å². The molecule has 2 rings (SSSR count). The molecule has 0 saturated heterocycles. The third-order valence-corrected chi connectivity index (χ3v) is 2.88. The predicted octanol–water partition coefficient (Wildman–Crippen LogP) is 2.92. The standard InChI is InChI=1S/C11H14ClN3O/c1-3-10(12)11-7-15(14-13-11)6-9-5-4-8(2)16-9/h4-5,7,10H,3,6H2,1-2H3. The van der Waals surface area contributed by atoms with E-state index < -0.39 is 0 Å². The second-order valence-electron chi connectivity index (χ2n) is 3.73. The highest BCUT2D eigenvalue weighted by atomic mass is 35.5. The Morgan fingerprint density at radius 2 is 2.31 bits per heavy atom. The summed E-state index contributed by atoms with van der Waals surface area (Å²) in [4.78, 5) is 0. The first-order valence-corrected chi connectivity index (χ1v) is 5.72. The SMILES string of the molecule is CCC(Cl)c1cn(Cc2ccc(C)o2)nn1. The van der Waals surface area contributed by atoms with Crippen molar-refractivity contribution >= 4 is 11.6 Å².